The van der Waals surface area contributed by atoms with Gasteiger partial charge in [0.2, 0.25) is 0 Å². The Bertz CT molecular complexity index is 984. The summed E-state index contributed by atoms with van der Waals surface area (Å²) in [6, 6.07) is 14.1. The molecule has 0 bridgehead atoms. The highest BCUT2D eigenvalue weighted by molar-refractivity contribution is 6.39. The molecule has 2 amide bonds. The van der Waals surface area contributed by atoms with Crippen LogP contribution in [0.1, 0.15) is 22.7 Å². The van der Waals surface area contributed by atoms with Crippen molar-refractivity contribution in [2.75, 3.05) is 63.6 Å². The van der Waals surface area contributed by atoms with Crippen LogP contribution in [-0.2, 0) is 16.0 Å². The van der Waals surface area contributed by atoms with Gasteiger partial charge in [-0.1, -0.05) is 24.3 Å². The smallest absolute Gasteiger partial charge is 0.313 e. The van der Waals surface area contributed by atoms with E-state index in [0.717, 1.165) is 44.7 Å². The standard InChI is InChI=1S/C25H33N5O2/c1-18-5-4-6-21(15-18)27-25(32)24(31)26-17-23(30-13-11-28(2)12-14-30)19-7-8-22-20(16-19)9-10-29(22)3/h4-8,15-16,23H,9-14,17H2,1-3H3,(H,26,31)(H,27,32)/t23-/m0/s1. The van der Waals surface area contributed by atoms with Crippen LogP contribution in [0.2, 0.25) is 0 Å². The number of hydrogen-bond donors (Lipinski definition) is 2. The van der Waals surface area contributed by atoms with Gasteiger partial charge < -0.3 is 20.4 Å². The van der Waals surface area contributed by atoms with E-state index in [-0.39, 0.29) is 6.04 Å². The first kappa shape index (κ1) is 22.3. The van der Waals surface area contributed by atoms with E-state index in [2.05, 4.69) is 57.6 Å². The van der Waals surface area contributed by atoms with Gasteiger partial charge in [-0.25, -0.2) is 0 Å². The summed E-state index contributed by atoms with van der Waals surface area (Å²) in [6.45, 7) is 7.24. The molecule has 0 unspecified atom stereocenters. The van der Waals surface area contributed by atoms with Crippen molar-refractivity contribution in [2.45, 2.75) is 19.4 Å². The van der Waals surface area contributed by atoms with Crippen LogP contribution < -0.4 is 15.5 Å². The number of nitrogens with zero attached hydrogens (tertiary/aromatic N) is 3. The van der Waals surface area contributed by atoms with Crippen LogP contribution >= 0.6 is 0 Å². The third-order valence-corrected chi connectivity index (χ3v) is 6.53. The monoisotopic (exact) mass is 435 g/mol. The third kappa shape index (κ3) is 5.11. The van der Waals surface area contributed by atoms with Crippen LogP contribution in [0.15, 0.2) is 42.5 Å². The number of likely N-dealkylation sites (N-methyl/N-ethyl adjacent to an activating group) is 2. The second-order valence-electron chi connectivity index (χ2n) is 8.95. The van der Waals surface area contributed by atoms with E-state index in [1.165, 1.54) is 16.8 Å². The Hall–Kier alpha value is -2.90. The van der Waals surface area contributed by atoms with Crippen molar-refractivity contribution in [3.63, 3.8) is 0 Å². The van der Waals surface area contributed by atoms with Gasteiger partial charge >= 0.3 is 11.8 Å². The molecule has 1 saturated heterocycles. The molecular weight excluding hydrogens is 402 g/mol. The average molecular weight is 436 g/mol. The molecule has 0 radical (unpaired) electrons. The van der Waals surface area contributed by atoms with Crippen molar-refractivity contribution in [2.24, 2.45) is 0 Å². The number of amides is 2. The number of carbonyl (C=O) groups is 2. The number of nitrogens with one attached hydrogen (secondary N) is 2. The molecular formula is C25H33N5O2. The molecule has 0 saturated carbocycles. The highest BCUT2D eigenvalue weighted by Gasteiger charge is 2.27. The van der Waals surface area contributed by atoms with Gasteiger partial charge in [0, 0.05) is 57.7 Å². The number of anilines is 2. The van der Waals surface area contributed by atoms with Crippen LogP contribution in [0, 0.1) is 6.92 Å². The largest absolute Gasteiger partial charge is 0.374 e. The lowest BCUT2D eigenvalue weighted by Gasteiger charge is -2.38. The maximum atomic E-state index is 12.6. The minimum Gasteiger partial charge on any atom is -0.374 e. The van der Waals surface area contributed by atoms with Crippen LogP contribution in [0.5, 0.6) is 0 Å². The average Bonchev–Trinajstić information content (AvgIpc) is 3.15. The molecule has 2 aliphatic heterocycles. The molecule has 0 aromatic heterocycles. The molecule has 2 N–H and O–H groups in total. The second kappa shape index (κ2) is 9.71. The fraction of sp³-hybridized carbons (Fsp3) is 0.440. The lowest BCUT2D eigenvalue weighted by molar-refractivity contribution is -0.136. The molecule has 2 aliphatic rings. The van der Waals surface area contributed by atoms with E-state index in [1.807, 2.05) is 25.1 Å². The zero-order chi connectivity index (χ0) is 22.7. The third-order valence-electron chi connectivity index (χ3n) is 6.53. The van der Waals surface area contributed by atoms with Gasteiger partial charge in [0.15, 0.2) is 0 Å². The topological polar surface area (TPSA) is 67.9 Å². The van der Waals surface area contributed by atoms with Crippen LogP contribution in [0.25, 0.3) is 0 Å². The molecule has 0 spiro atoms. The number of aryl methyl sites for hydroxylation is 1. The van der Waals surface area contributed by atoms with Crippen molar-refractivity contribution in [3.05, 3.63) is 59.2 Å². The van der Waals surface area contributed by atoms with Crippen molar-refractivity contribution in [1.82, 2.24) is 15.1 Å². The number of rotatable bonds is 5. The summed E-state index contributed by atoms with van der Waals surface area (Å²) in [5.74, 6) is -1.24. The first-order valence-electron chi connectivity index (χ1n) is 11.3. The molecule has 170 valence electrons. The Kier molecular flexibility index (Phi) is 6.77. The van der Waals surface area contributed by atoms with E-state index in [4.69, 9.17) is 0 Å². The lowest BCUT2D eigenvalue weighted by atomic mass is 10.00. The fourth-order valence-corrected chi connectivity index (χ4v) is 4.57. The summed E-state index contributed by atoms with van der Waals surface area (Å²) in [5.41, 5.74) is 5.49. The first-order valence-corrected chi connectivity index (χ1v) is 11.3. The quantitative estimate of drug-likeness (QED) is 0.704. The van der Waals surface area contributed by atoms with Gasteiger partial charge in [-0.05, 0) is 55.3 Å². The summed E-state index contributed by atoms with van der Waals surface area (Å²) in [7, 11) is 4.26. The van der Waals surface area contributed by atoms with Gasteiger partial charge in [-0.3, -0.25) is 14.5 Å². The SMILES string of the molecule is Cc1cccc(NC(=O)C(=O)NC[C@@H](c2ccc3c(c2)CCN3C)N2CCN(C)CC2)c1. The van der Waals surface area contributed by atoms with E-state index >= 15 is 0 Å². The first-order chi connectivity index (χ1) is 15.4. The van der Waals surface area contributed by atoms with Gasteiger partial charge in [-0.15, -0.1) is 0 Å². The normalized spacial score (nSPS) is 17.7. The zero-order valence-corrected chi connectivity index (χ0v) is 19.2. The Morgan fingerprint density at radius 2 is 1.75 bits per heavy atom. The maximum Gasteiger partial charge on any atom is 0.313 e. The molecule has 0 aliphatic carbocycles. The Morgan fingerprint density at radius 3 is 2.50 bits per heavy atom. The number of carbonyl (C=O) groups excluding carboxylic acids is 2. The van der Waals surface area contributed by atoms with Gasteiger partial charge in [0.05, 0.1) is 6.04 Å². The van der Waals surface area contributed by atoms with Gasteiger partial charge in [0.25, 0.3) is 0 Å². The summed E-state index contributed by atoms with van der Waals surface area (Å²) in [6.07, 6.45) is 1.04. The number of piperazine rings is 1. The summed E-state index contributed by atoms with van der Waals surface area (Å²) in [4.78, 5) is 32.0. The van der Waals surface area contributed by atoms with Crippen molar-refractivity contribution < 1.29 is 9.59 Å². The van der Waals surface area contributed by atoms with Crippen molar-refractivity contribution in [1.29, 1.82) is 0 Å². The van der Waals surface area contributed by atoms with Crippen LogP contribution in [0.4, 0.5) is 11.4 Å². The minimum absolute atomic E-state index is 0.0376. The van der Waals surface area contributed by atoms with E-state index < -0.39 is 11.8 Å². The molecule has 2 aromatic carbocycles. The number of fused-ring (bicyclic) bond motifs is 1. The zero-order valence-electron chi connectivity index (χ0n) is 19.2. The number of hydrogen-bond acceptors (Lipinski definition) is 5. The Labute approximate surface area is 190 Å². The Morgan fingerprint density at radius 1 is 0.969 bits per heavy atom. The van der Waals surface area contributed by atoms with Crippen molar-refractivity contribution in [3.8, 4) is 0 Å². The summed E-state index contributed by atoms with van der Waals surface area (Å²) >= 11 is 0. The van der Waals surface area contributed by atoms with Crippen LogP contribution in [-0.4, -0.2) is 75.0 Å². The van der Waals surface area contributed by atoms with Gasteiger partial charge in [0.1, 0.15) is 0 Å². The molecule has 4 rings (SSSR count). The molecule has 1 fully saturated rings. The predicted octanol–water partition coefficient (Wildman–Crippen LogP) is 2.03. The van der Waals surface area contributed by atoms with Gasteiger partial charge in [-0.2, -0.15) is 0 Å². The van der Waals surface area contributed by atoms with Crippen molar-refractivity contribution >= 4 is 23.2 Å². The Balaban J connectivity index is 1.46. The highest BCUT2D eigenvalue weighted by Crippen LogP contribution is 2.31. The second-order valence-corrected chi connectivity index (χ2v) is 8.95. The van der Waals surface area contributed by atoms with E-state index in [9.17, 15) is 9.59 Å². The number of benzene rings is 2. The van der Waals surface area contributed by atoms with E-state index in [1.54, 1.807) is 6.07 Å². The fourth-order valence-electron chi connectivity index (χ4n) is 4.57. The highest BCUT2D eigenvalue weighted by atomic mass is 16.2. The summed E-state index contributed by atoms with van der Waals surface area (Å²) < 4.78 is 0. The lowest BCUT2D eigenvalue weighted by Crippen LogP contribution is -2.49. The maximum absolute atomic E-state index is 12.6. The molecule has 2 heterocycles. The minimum atomic E-state index is -0.636. The molecule has 7 heteroatoms. The molecule has 32 heavy (non-hydrogen) atoms. The van der Waals surface area contributed by atoms with Crippen LogP contribution in [0.3, 0.4) is 0 Å². The molecule has 2 aromatic rings. The summed E-state index contributed by atoms with van der Waals surface area (Å²) in [5, 5.41) is 5.58. The van der Waals surface area contributed by atoms with E-state index in [0.29, 0.717) is 12.2 Å². The molecule has 1 atom stereocenters. The predicted molar refractivity (Wildman–Crippen MR) is 128 cm³/mol. The molecule has 7 nitrogen and oxygen atoms in total.